The fourth-order valence-corrected chi connectivity index (χ4v) is 3.32. The van der Waals surface area contributed by atoms with Gasteiger partial charge in [-0.3, -0.25) is 9.59 Å². The molecule has 0 aromatic carbocycles. The lowest BCUT2D eigenvalue weighted by Crippen LogP contribution is -2.38. The summed E-state index contributed by atoms with van der Waals surface area (Å²) < 4.78 is 60.5. The average Bonchev–Trinajstić information content (AvgIpc) is 2.81. The fraction of sp³-hybridized carbons (Fsp3) is 0.857. The molecule has 0 aromatic heterocycles. The molecule has 212 valence electrons. The highest BCUT2D eigenvalue weighted by molar-refractivity contribution is 7.32. The molecule has 7 N–H and O–H groups in total. The first-order chi connectivity index (χ1) is 17.5. The molecule has 0 spiro atoms. The van der Waals surface area contributed by atoms with Gasteiger partial charge in [0.05, 0.1) is 0 Å². The lowest BCUT2D eigenvalue weighted by molar-refractivity contribution is -0.121. The molecule has 0 saturated heterocycles. The van der Waals surface area contributed by atoms with E-state index in [0.717, 1.165) is 0 Å². The molecule has 4 atom stereocenters. The molecule has 19 nitrogen and oxygen atoms in total. The zero-order chi connectivity index (χ0) is 28.1. The van der Waals surface area contributed by atoms with Gasteiger partial charge in [-0.25, -0.2) is 9.80 Å². The standard InChI is InChI=1S/C14H27N5O14P4/c20-13(16-5-7-18(9-30-34(22)23)10-31-35(24)25)1-3-15-4-2-14(21)17-6-8-19(11-32-36(26)27)12-33-37(28)29/h15H,1-12H2,(H2-4,16,17,20,21,22,23,24,25,26,27,28,29)/p+4. The summed E-state index contributed by atoms with van der Waals surface area (Å²) in [6, 6.07) is 0. The third-order valence-corrected chi connectivity index (χ3v) is 5.31. The summed E-state index contributed by atoms with van der Waals surface area (Å²) in [4.78, 5) is 61.0. The lowest BCUT2D eigenvalue weighted by atomic mass is 10.3. The van der Waals surface area contributed by atoms with E-state index in [0.29, 0.717) is 0 Å². The van der Waals surface area contributed by atoms with Crippen LogP contribution >= 0.6 is 33.0 Å². The number of rotatable bonds is 24. The molecule has 0 aliphatic rings. The largest absolute Gasteiger partial charge is 0.696 e. The van der Waals surface area contributed by atoms with E-state index < -0.39 is 33.0 Å². The van der Waals surface area contributed by atoms with Crippen molar-refractivity contribution < 1.29 is 65.5 Å². The first-order valence-electron chi connectivity index (χ1n) is 10.3. The third-order valence-electron chi connectivity index (χ3n) is 3.96. The Morgan fingerprint density at radius 3 is 1.14 bits per heavy atom. The number of hydrogen-bond donors (Lipinski definition) is 7. The van der Waals surface area contributed by atoms with Crippen molar-refractivity contribution in [3.8, 4) is 0 Å². The second-order valence-electron chi connectivity index (χ2n) is 6.72. The van der Waals surface area contributed by atoms with E-state index in [1.807, 2.05) is 0 Å². The maximum absolute atomic E-state index is 11.9. The summed E-state index contributed by atoms with van der Waals surface area (Å²) in [5.74, 6) is -0.641. The summed E-state index contributed by atoms with van der Waals surface area (Å²) in [5, 5.41) is 8.08. The van der Waals surface area contributed by atoms with Gasteiger partial charge in [0.25, 0.3) is 0 Å². The minimum atomic E-state index is -2.87. The van der Waals surface area contributed by atoms with Gasteiger partial charge in [-0.2, -0.15) is 0 Å². The second kappa shape index (κ2) is 22.8. The van der Waals surface area contributed by atoms with E-state index in [9.17, 15) is 27.8 Å². The predicted molar refractivity (Wildman–Crippen MR) is 125 cm³/mol. The van der Waals surface area contributed by atoms with Gasteiger partial charge in [0.1, 0.15) is 0 Å². The monoisotopic (exact) mass is 617 g/mol. The maximum Gasteiger partial charge on any atom is 0.696 e. The van der Waals surface area contributed by atoms with E-state index in [4.69, 9.17) is 19.6 Å². The molecular formula is C14H31N5O14P4+4. The fourth-order valence-electron chi connectivity index (χ4n) is 2.27. The minimum Gasteiger partial charge on any atom is -0.355 e. The van der Waals surface area contributed by atoms with Crippen LogP contribution in [0.2, 0.25) is 0 Å². The number of hydrogen-bond acceptors (Lipinski definition) is 13. The molecule has 23 heteroatoms. The van der Waals surface area contributed by atoms with Gasteiger partial charge < -0.3 is 16.0 Å². The Balaban J connectivity index is 4.01. The summed E-state index contributed by atoms with van der Waals surface area (Å²) in [6.07, 6.45) is 0.184. The molecule has 0 aliphatic carbocycles. The van der Waals surface area contributed by atoms with Crippen molar-refractivity contribution in [3.63, 3.8) is 0 Å². The van der Waals surface area contributed by atoms with Crippen LogP contribution in [0.5, 0.6) is 0 Å². The van der Waals surface area contributed by atoms with E-state index in [1.54, 1.807) is 0 Å². The van der Waals surface area contributed by atoms with Crippen LogP contribution in [-0.2, 0) is 45.9 Å². The molecule has 0 aliphatic heterocycles. The predicted octanol–water partition coefficient (Wildman–Crippen LogP) is -1.31. The molecule has 0 bridgehead atoms. The van der Waals surface area contributed by atoms with Crippen LogP contribution in [0.3, 0.4) is 0 Å². The number of carbonyl (C=O) groups excluding carboxylic acids is 2. The Labute approximate surface area is 215 Å². The van der Waals surface area contributed by atoms with Crippen molar-refractivity contribution in [2.45, 2.75) is 12.8 Å². The third kappa shape index (κ3) is 25.0. The molecule has 0 aromatic rings. The zero-order valence-electron chi connectivity index (χ0n) is 19.5. The summed E-state index contributed by atoms with van der Waals surface area (Å²) in [5.41, 5.74) is 0. The number of carbonyl (C=O) groups is 2. The Bertz CT molecular complexity index is 670. The van der Waals surface area contributed by atoms with Gasteiger partial charge >= 0.3 is 33.0 Å². The molecule has 37 heavy (non-hydrogen) atoms. The first-order valence-corrected chi connectivity index (χ1v) is 14.9. The molecule has 0 saturated carbocycles. The Morgan fingerprint density at radius 2 is 0.865 bits per heavy atom. The van der Waals surface area contributed by atoms with Crippen LogP contribution in [0, 0.1) is 0 Å². The highest BCUT2D eigenvalue weighted by Gasteiger charge is 2.22. The summed E-state index contributed by atoms with van der Waals surface area (Å²) in [7, 11) is -11.5. The van der Waals surface area contributed by atoms with Gasteiger partial charge in [-0.05, 0) is 0 Å². The molecule has 0 heterocycles. The Kier molecular flexibility index (Phi) is 22.2. The minimum absolute atomic E-state index is 0.0921. The quantitative estimate of drug-likeness (QED) is 0.0376. The molecule has 0 radical (unpaired) electrons. The maximum atomic E-state index is 11.9. The van der Waals surface area contributed by atoms with E-state index in [1.165, 1.54) is 9.80 Å². The van der Waals surface area contributed by atoms with Crippen LogP contribution in [0.4, 0.5) is 0 Å². The molecule has 2 amide bonds. The van der Waals surface area contributed by atoms with E-state index in [-0.39, 0.29) is 90.8 Å². The highest BCUT2D eigenvalue weighted by Crippen LogP contribution is 2.18. The van der Waals surface area contributed by atoms with E-state index >= 15 is 0 Å². The van der Waals surface area contributed by atoms with Crippen molar-refractivity contribution in [1.82, 2.24) is 25.8 Å². The molecule has 0 fully saturated rings. The van der Waals surface area contributed by atoms with Crippen LogP contribution in [0.25, 0.3) is 0 Å². The van der Waals surface area contributed by atoms with Crippen molar-refractivity contribution in [3.05, 3.63) is 0 Å². The van der Waals surface area contributed by atoms with Crippen LogP contribution in [0.15, 0.2) is 0 Å². The summed E-state index contributed by atoms with van der Waals surface area (Å²) in [6.45, 7) is -0.466. The smallest absolute Gasteiger partial charge is 0.355 e. The number of nitrogens with one attached hydrogen (secondary N) is 3. The number of amides is 2. The SMILES string of the molecule is O=C(CCNCCC(=O)NCCN(CO[P+](=O)O)CO[P+](=O)O)NCCN(CO[P+](=O)O)CO[P+](=O)O. The van der Waals surface area contributed by atoms with Crippen molar-refractivity contribution in [2.24, 2.45) is 0 Å². The van der Waals surface area contributed by atoms with Gasteiger partial charge in [0, 0.05) is 70.4 Å². The second-order valence-corrected chi connectivity index (χ2v) is 9.66. The topological polar surface area (TPSA) is 263 Å². The number of nitrogens with zero attached hydrogens (tertiary/aromatic N) is 2. The highest BCUT2D eigenvalue weighted by atomic mass is 31.1. The molecule has 4 unspecified atom stereocenters. The average molecular weight is 617 g/mol. The lowest BCUT2D eigenvalue weighted by Gasteiger charge is -2.16. The van der Waals surface area contributed by atoms with Crippen molar-refractivity contribution in [1.29, 1.82) is 0 Å². The van der Waals surface area contributed by atoms with Gasteiger partial charge in [-0.15, -0.1) is 37.7 Å². The Morgan fingerprint density at radius 1 is 0.568 bits per heavy atom. The van der Waals surface area contributed by atoms with Crippen LogP contribution in [0.1, 0.15) is 12.8 Å². The zero-order valence-corrected chi connectivity index (χ0v) is 23.1. The van der Waals surface area contributed by atoms with Gasteiger partial charge in [-0.1, -0.05) is 0 Å². The van der Waals surface area contributed by atoms with Crippen molar-refractivity contribution in [2.75, 3.05) is 66.2 Å². The Hall–Kier alpha value is -1.10. The van der Waals surface area contributed by atoms with Crippen LogP contribution < -0.4 is 16.0 Å². The van der Waals surface area contributed by atoms with Crippen molar-refractivity contribution >= 4 is 44.8 Å². The normalized spacial score (nSPS) is 12.9. The van der Waals surface area contributed by atoms with Gasteiger partial charge in [0.2, 0.25) is 11.8 Å². The first kappa shape index (κ1) is 35.9. The van der Waals surface area contributed by atoms with Gasteiger partial charge in [0.15, 0.2) is 26.9 Å². The van der Waals surface area contributed by atoms with Crippen LogP contribution in [-0.4, -0.2) is 107 Å². The summed E-state index contributed by atoms with van der Waals surface area (Å²) >= 11 is 0. The molecule has 0 rings (SSSR count). The molecular weight excluding hydrogens is 586 g/mol. The van der Waals surface area contributed by atoms with E-state index in [2.05, 4.69) is 34.0 Å².